The van der Waals surface area contributed by atoms with Gasteiger partial charge in [0, 0.05) is 0 Å². The summed E-state index contributed by atoms with van der Waals surface area (Å²) in [5, 5.41) is 2.90. The molecule has 2 atom stereocenters. The van der Waals surface area contributed by atoms with Gasteiger partial charge in [-0.3, -0.25) is 0 Å². The summed E-state index contributed by atoms with van der Waals surface area (Å²) in [5.41, 5.74) is 9.18. The van der Waals surface area contributed by atoms with Crippen molar-refractivity contribution in [2.75, 3.05) is 0 Å². The third kappa shape index (κ3) is 3.84. The van der Waals surface area contributed by atoms with Crippen molar-refractivity contribution in [3.8, 4) is 0 Å². The van der Waals surface area contributed by atoms with Gasteiger partial charge < -0.3 is 24.8 Å². The standard InChI is InChI=1S/C14H11.C9H13.C2H6Si.2ClH.Zr/c1-10-8-12-7-6-11-4-2-3-5-13(11)14(12)9-10;1-6-5-7(2)9(4)8(6)3;1-3-2;;;/h2-9H,1H3;5H,1-4H3;1-2H3;2*1H;/q;;;;;+2/p-2. The fourth-order valence-electron chi connectivity index (χ4n) is 5.41. The maximum atomic E-state index is 2.67. The maximum Gasteiger partial charge on any atom is -1.00 e. The molecule has 0 saturated carbocycles. The number of rotatable bonds is 2. The van der Waals surface area contributed by atoms with E-state index in [4.69, 9.17) is 0 Å². The zero-order chi connectivity index (χ0) is 19.5. The molecule has 0 aromatic heterocycles. The molecule has 0 bridgehead atoms. The van der Waals surface area contributed by atoms with E-state index < -0.39 is 20.4 Å². The van der Waals surface area contributed by atoms with E-state index in [-0.39, 0.29) is 30.2 Å². The monoisotopic (exact) mass is 518 g/mol. The fourth-order valence-corrected chi connectivity index (χ4v) is 29.3. The molecule has 0 N–H and O–H groups in total. The molecule has 2 unspecified atom stereocenters. The van der Waals surface area contributed by atoms with Crippen molar-refractivity contribution in [3.63, 3.8) is 0 Å². The van der Waals surface area contributed by atoms with E-state index in [2.05, 4.69) is 96.3 Å². The van der Waals surface area contributed by atoms with Crippen molar-refractivity contribution in [2.24, 2.45) is 0 Å². The van der Waals surface area contributed by atoms with E-state index in [1.165, 1.54) is 21.9 Å². The van der Waals surface area contributed by atoms with Gasteiger partial charge in [0.05, 0.1) is 0 Å². The number of hydrogen-bond acceptors (Lipinski definition) is 0. The molecule has 4 heteroatoms. The minimum absolute atomic E-state index is 0. The first kappa shape index (κ1) is 24.9. The normalized spacial score (nSPS) is 22.2. The average Bonchev–Trinajstić information content (AvgIpc) is 3.05. The fraction of sp³-hybridized carbons (Fsp3) is 0.360. The van der Waals surface area contributed by atoms with Gasteiger partial charge in [0.15, 0.2) is 0 Å². The Bertz CT molecular complexity index is 1100. The molecular weight excluding hydrogens is 490 g/mol. The predicted octanol–water partition coefficient (Wildman–Crippen LogP) is 1.65. The number of hydrogen-bond donors (Lipinski definition) is 0. The second-order valence-corrected chi connectivity index (χ2v) is 27.4. The maximum absolute atomic E-state index is 2.67. The van der Waals surface area contributed by atoms with Crippen LogP contribution in [-0.4, -0.2) is 5.43 Å². The smallest absolute Gasteiger partial charge is 1.00 e. The Labute approximate surface area is 196 Å². The minimum atomic E-state index is -1.92. The van der Waals surface area contributed by atoms with Gasteiger partial charge in [0.1, 0.15) is 0 Å². The van der Waals surface area contributed by atoms with E-state index in [9.17, 15) is 0 Å². The summed E-state index contributed by atoms with van der Waals surface area (Å²) in [6, 6.07) is 13.7. The zero-order valence-electron chi connectivity index (χ0n) is 18.5. The first-order chi connectivity index (χ1) is 12.8. The first-order valence-corrected chi connectivity index (χ1v) is 18.8. The van der Waals surface area contributed by atoms with Gasteiger partial charge in [-0.2, -0.15) is 0 Å². The van der Waals surface area contributed by atoms with E-state index in [1.807, 2.05) is 0 Å². The summed E-state index contributed by atoms with van der Waals surface area (Å²) in [6.45, 7) is 17.3. The van der Waals surface area contributed by atoms with Crippen LogP contribution in [0.3, 0.4) is 0 Å². The molecule has 152 valence electrons. The van der Waals surface area contributed by atoms with Crippen molar-refractivity contribution in [2.45, 2.75) is 54.5 Å². The summed E-state index contributed by atoms with van der Waals surface area (Å²) in [6.07, 6.45) is 5.17. The molecule has 2 aliphatic carbocycles. The van der Waals surface area contributed by atoms with Gasteiger partial charge in [-0.25, -0.2) is 0 Å². The number of benzene rings is 2. The van der Waals surface area contributed by atoms with E-state index in [0.29, 0.717) is 6.75 Å². The molecule has 0 saturated heterocycles. The third-order valence-electron chi connectivity index (χ3n) is 6.96. The van der Waals surface area contributed by atoms with Crippen LogP contribution in [0.4, 0.5) is 0 Å². The van der Waals surface area contributed by atoms with Crippen molar-refractivity contribution in [1.29, 1.82) is 0 Å². The van der Waals surface area contributed by atoms with Gasteiger partial charge in [-0.15, -0.1) is 0 Å². The quantitative estimate of drug-likeness (QED) is 0.529. The zero-order valence-corrected chi connectivity index (χ0v) is 23.4. The summed E-state index contributed by atoms with van der Waals surface area (Å²) >= 11 is -1.92. The number of halogens is 2. The van der Waals surface area contributed by atoms with Gasteiger partial charge in [-0.1, -0.05) is 0 Å². The predicted molar refractivity (Wildman–Crippen MR) is 118 cm³/mol. The molecule has 0 amide bonds. The van der Waals surface area contributed by atoms with Crippen LogP contribution in [0.1, 0.15) is 49.4 Å². The van der Waals surface area contributed by atoms with Crippen molar-refractivity contribution in [1.82, 2.24) is 0 Å². The number of fused-ring (bicyclic) bond motifs is 3. The Hall–Kier alpha value is -0.400. The minimum Gasteiger partial charge on any atom is -1.00 e. The van der Waals surface area contributed by atoms with Crippen LogP contribution in [0.15, 0.2) is 64.8 Å². The van der Waals surface area contributed by atoms with Crippen LogP contribution < -0.4 is 24.8 Å². The van der Waals surface area contributed by atoms with Gasteiger partial charge in [-0.05, 0) is 0 Å². The van der Waals surface area contributed by atoms with Crippen LogP contribution in [-0.2, 0) is 20.4 Å². The molecule has 0 heterocycles. The van der Waals surface area contributed by atoms with Crippen molar-refractivity contribution in [3.05, 3.63) is 75.9 Å². The summed E-state index contributed by atoms with van der Waals surface area (Å²) in [5.74, 6) is 0. The van der Waals surface area contributed by atoms with Crippen LogP contribution in [0, 0.1) is 0 Å². The van der Waals surface area contributed by atoms with Gasteiger partial charge >= 0.3 is 173 Å². The molecule has 2 aromatic rings. The van der Waals surface area contributed by atoms with Crippen LogP contribution in [0.25, 0.3) is 16.8 Å². The Morgan fingerprint density at radius 3 is 2.17 bits per heavy atom. The van der Waals surface area contributed by atoms with Gasteiger partial charge in [0.2, 0.25) is 0 Å². The van der Waals surface area contributed by atoms with Crippen LogP contribution in [0.5, 0.6) is 0 Å². The molecule has 0 spiro atoms. The molecule has 4 rings (SSSR count). The topological polar surface area (TPSA) is 0 Å². The van der Waals surface area contributed by atoms with E-state index >= 15 is 0 Å². The SMILES string of the molecule is CC1=C[C](C)([Zr+2]([CH]2C(C)=Cc3ccc4ccccc4c32)=[Si](C)C)C(C)=C1C.[Cl-].[Cl-]. The number of allylic oxidation sites excluding steroid dienone is 5. The molecule has 2 aromatic carbocycles. The molecule has 2 aliphatic rings. The summed E-state index contributed by atoms with van der Waals surface area (Å²) < 4.78 is 1.07. The van der Waals surface area contributed by atoms with Gasteiger partial charge in [0.25, 0.3) is 0 Å². The van der Waals surface area contributed by atoms with E-state index in [1.54, 1.807) is 22.3 Å². The summed E-state index contributed by atoms with van der Waals surface area (Å²) in [4.78, 5) is 0. The second kappa shape index (κ2) is 8.99. The second-order valence-electron chi connectivity index (χ2n) is 8.80. The largest absolute Gasteiger partial charge is 1.00 e. The molecule has 29 heavy (non-hydrogen) atoms. The first-order valence-electron chi connectivity index (χ1n) is 10.0. The van der Waals surface area contributed by atoms with E-state index in [0.717, 1.165) is 0 Å². The molecule has 0 fully saturated rings. The molecule has 0 radical (unpaired) electrons. The summed E-state index contributed by atoms with van der Waals surface area (Å²) in [7, 11) is 0. The van der Waals surface area contributed by atoms with Crippen molar-refractivity contribution >= 4 is 22.3 Å². The molecular formula is C25H30Cl2SiZr. The average molecular weight is 521 g/mol. The Balaban J connectivity index is 0.00000150. The molecule has 0 nitrogen and oxygen atoms in total. The Kier molecular flexibility index (Phi) is 7.71. The Morgan fingerprint density at radius 2 is 1.59 bits per heavy atom. The molecule has 0 aliphatic heterocycles. The Morgan fingerprint density at radius 1 is 0.931 bits per heavy atom. The van der Waals surface area contributed by atoms with Crippen LogP contribution >= 0.6 is 0 Å². The van der Waals surface area contributed by atoms with Crippen molar-refractivity contribution < 1.29 is 45.2 Å². The van der Waals surface area contributed by atoms with Crippen LogP contribution in [0.2, 0.25) is 16.2 Å². The third-order valence-corrected chi connectivity index (χ3v) is 28.0.